The summed E-state index contributed by atoms with van der Waals surface area (Å²) in [4.78, 5) is 9.02. The number of rotatable bonds is 8. The first-order valence-electron chi connectivity index (χ1n) is 9.42. The van der Waals surface area contributed by atoms with Gasteiger partial charge in [0.2, 0.25) is 5.88 Å². The van der Waals surface area contributed by atoms with Crippen molar-refractivity contribution < 1.29 is 4.74 Å². The first kappa shape index (κ1) is 21.5. The van der Waals surface area contributed by atoms with Gasteiger partial charge in [0.25, 0.3) is 0 Å². The third-order valence-electron chi connectivity index (χ3n) is 4.72. The van der Waals surface area contributed by atoms with Crippen LogP contribution in [0, 0.1) is 0 Å². The Morgan fingerprint density at radius 3 is 2.56 bits per heavy atom. The molecule has 1 fully saturated rings. The number of benzene rings is 1. The van der Waals surface area contributed by atoms with Crippen LogP contribution in [0.25, 0.3) is 0 Å². The number of hydrogen-bond donors (Lipinski definition) is 2. The third-order valence-corrected chi connectivity index (χ3v) is 4.72. The lowest BCUT2D eigenvalue weighted by Gasteiger charge is -2.19. The second-order valence-corrected chi connectivity index (χ2v) is 6.60. The minimum atomic E-state index is 0. The Morgan fingerprint density at radius 1 is 1.11 bits per heavy atom. The molecular weight excluding hydrogens is 451 g/mol. The summed E-state index contributed by atoms with van der Waals surface area (Å²) in [6.45, 7) is 6.91. The summed E-state index contributed by atoms with van der Waals surface area (Å²) in [6, 6.07) is 14.7. The molecule has 1 saturated carbocycles. The number of hydrogen-bond acceptors (Lipinski definition) is 3. The standard InChI is InChI=1S/C21H28N4O.HI/c1-3-22-20(24-15-17-9-8-14-23-19(17)26-4-2)25-16-21(12-13-21)18-10-6-5-7-11-18;/h5-11,14H,3-4,12-13,15-16H2,1-2H3,(H2,22,24,25);1H. The maximum Gasteiger partial charge on any atom is 0.218 e. The predicted octanol–water partition coefficient (Wildman–Crippen LogP) is 3.89. The van der Waals surface area contributed by atoms with E-state index >= 15 is 0 Å². The largest absolute Gasteiger partial charge is 0.478 e. The van der Waals surface area contributed by atoms with Gasteiger partial charge >= 0.3 is 0 Å². The molecule has 1 aromatic heterocycles. The number of halogens is 1. The van der Waals surface area contributed by atoms with E-state index in [9.17, 15) is 0 Å². The lowest BCUT2D eigenvalue weighted by molar-refractivity contribution is 0.323. The average molecular weight is 480 g/mol. The molecule has 1 aliphatic carbocycles. The van der Waals surface area contributed by atoms with Crippen molar-refractivity contribution in [2.75, 3.05) is 19.7 Å². The molecule has 6 heteroatoms. The molecule has 0 amide bonds. The van der Waals surface area contributed by atoms with Crippen LogP contribution in [0.1, 0.15) is 37.8 Å². The normalized spacial score (nSPS) is 14.8. The number of aromatic nitrogens is 1. The van der Waals surface area contributed by atoms with E-state index in [1.165, 1.54) is 18.4 Å². The van der Waals surface area contributed by atoms with E-state index in [1.807, 2.05) is 19.1 Å². The van der Waals surface area contributed by atoms with E-state index in [2.05, 4.69) is 52.9 Å². The minimum Gasteiger partial charge on any atom is -0.478 e. The third kappa shape index (κ3) is 5.82. The van der Waals surface area contributed by atoms with Crippen LogP contribution in [0.4, 0.5) is 0 Å². The quantitative estimate of drug-likeness (QED) is 0.342. The van der Waals surface area contributed by atoms with Gasteiger partial charge in [0.05, 0.1) is 13.2 Å². The zero-order valence-electron chi connectivity index (χ0n) is 16.1. The Morgan fingerprint density at radius 2 is 1.89 bits per heavy atom. The van der Waals surface area contributed by atoms with Crippen LogP contribution in [0.3, 0.4) is 0 Å². The summed E-state index contributed by atoms with van der Waals surface area (Å²) < 4.78 is 5.59. The highest BCUT2D eigenvalue weighted by Crippen LogP contribution is 2.47. The molecule has 0 bridgehead atoms. The van der Waals surface area contributed by atoms with Gasteiger partial charge in [-0.15, -0.1) is 24.0 Å². The molecule has 1 heterocycles. The van der Waals surface area contributed by atoms with E-state index in [0.29, 0.717) is 19.0 Å². The lowest BCUT2D eigenvalue weighted by atomic mass is 9.96. The van der Waals surface area contributed by atoms with Gasteiger partial charge in [-0.25, -0.2) is 9.98 Å². The molecule has 3 rings (SSSR count). The Kier molecular flexibility index (Phi) is 8.34. The van der Waals surface area contributed by atoms with Gasteiger partial charge in [0, 0.05) is 30.3 Å². The van der Waals surface area contributed by atoms with Gasteiger partial charge in [-0.05, 0) is 38.3 Å². The Labute approximate surface area is 179 Å². The topological polar surface area (TPSA) is 58.5 Å². The number of nitrogens with zero attached hydrogens (tertiary/aromatic N) is 2. The SMILES string of the molecule is CCNC(=NCc1cccnc1OCC)NCC1(c2ccccc2)CC1.I. The number of ether oxygens (including phenoxy) is 1. The van der Waals surface area contributed by atoms with Gasteiger partial charge in [-0.2, -0.15) is 0 Å². The second kappa shape index (κ2) is 10.5. The summed E-state index contributed by atoms with van der Waals surface area (Å²) >= 11 is 0. The van der Waals surface area contributed by atoms with Crippen LogP contribution in [-0.4, -0.2) is 30.6 Å². The molecule has 2 N–H and O–H groups in total. The van der Waals surface area contributed by atoms with Crippen LogP contribution < -0.4 is 15.4 Å². The highest BCUT2D eigenvalue weighted by molar-refractivity contribution is 14.0. The van der Waals surface area contributed by atoms with Gasteiger partial charge < -0.3 is 15.4 Å². The fourth-order valence-corrected chi connectivity index (χ4v) is 3.08. The zero-order valence-corrected chi connectivity index (χ0v) is 18.4. The maximum absolute atomic E-state index is 5.59. The van der Waals surface area contributed by atoms with E-state index in [1.54, 1.807) is 6.20 Å². The van der Waals surface area contributed by atoms with Crippen LogP contribution >= 0.6 is 24.0 Å². The van der Waals surface area contributed by atoms with Crippen molar-refractivity contribution in [2.24, 2.45) is 4.99 Å². The Balaban J connectivity index is 0.00000261. The first-order valence-corrected chi connectivity index (χ1v) is 9.42. The van der Waals surface area contributed by atoms with Crippen LogP contribution in [0.2, 0.25) is 0 Å². The Bertz CT molecular complexity index is 732. The fourth-order valence-electron chi connectivity index (χ4n) is 3.08. The van der Waals surface area contributed by atoms with E-state index in [0.717, 1.165) is 24.6 Å². The molecule has 0 unspecified atom stereocenters. The summed E-state index contributed by atoms with van der Waals surface area (Å²) in [7, 11) is 0. The van der Waals surface area contributed by atoms with Gasteiger partial charge in [-0.3, -0.25) is 0 Å². The van der Waals surface area contributed by atoms with Gasteiger partial charge in [0.1, 0.15) is 0 Å². The maximum atomic E-state index is 5.59. The van der Waals surface area contributed by atoms with Crippen LogP contribution in [-0.2, 0) is 12.0 Å². The van der Waals surface area contributed by atoms with Crippen molar-refractivity contribution in [3.05, 3.63) is 59.8 Å². The smallest absolute Gasteiger partial charge is 0.218 e. The lowest BCUT2D eigenvalue weighted by Crippen LogP contribution is -2.41. The predicted molar refractivity (Wildman–Crippen MR) is 121 cm³/mol. The number of pyridine rings is 1. The molecule has 1 aromatic carbocycles. The van der Waals surface area contributed by atoms with Crippen molar-refractivity contribution in [1.29, 1.82) is 0 Å². The summed E-state index contributed by atoms with van der Waals surface area (Å²) in [5.41, 5.74) is 2.66. The molecule has 0 saturated heterocycles. The van der Waals surface area contributed by atoms with Crippen molar-refractivity contribution >= 4 is 29.9 Å². The van der Waals surface area contributed by atoms with E-state index in [4.69, 9.17) is 9.73 Å². The molecule has 1 aliphatic rings. The number of nitrogens with one attached hydrogen (secondary N) is 2. The highest BCUT2D eigenvalue weighted by Gasteiger charge is 2.43. The molecule has 0 aliphatic heterocycles. The van der Waals surface area contributed by atoms with Crippen molar-refractivity contribution in [3.63, 3.8) is 0 Å². The molecule has 146 valence electrons. The molecule has 2 aromatic rings. The summed E-state index contributed by atoms with van der Waals surface area (Å²) in [5.74, 6) is 1.50. The first-order chi connectivity index (χ1) is 12.8. The summed E-state index contributed by atoms with van der Waals surface area (Å²) in [5, 5.41) is 6.86. The zero-order chi connectivity index (χ0) is 18.2. The molecule has 5 nitrogen and oxygen atoms in total. The monoisotopic (exact) mass is 480 g/mol. The highest BCUT2D eigenvalue weighted by atomic mass is 127. The van der Waals surface area contributed by atoms with Crippen molar-refractivity contribution in [1.82, 2.24) is 15.6 Å². The Hall–Kier alpha value is -1.83. The van der Waals surface area contributed by atoms with E-state index < -0.39 is 0 Å². The molecule has 0 radical (unpaired) electrons. The van der Waals surface area contributed by atoms with Crippen molar-refractivity contribution in [2.45, 2.75) is 38.6 Å². The van der Waals surface area contributed by atoms with E-state index in [-0.39, 0.29) is 29.4 Å². The molecule has 27 heavy (non-hydrogen) atoms. The van der Waals surface area contributed by atoms with Gasteiger partial charge in [-0.1, -0.05) is 36.4 Å². The van der Waals surface area contributed by atoms with Crippen LogP contribution in [0.5, 0.6) is 5.88 Å². The fraction of sp³-hybridized carbons (Fsp3) is 0.429. The number of aliphatic imine (C=N–C) groups is 1. The van der Waals surface area contributed by atoms with Crippen LogP contribution in [0.15, 0.2) is 53.7 Å². The van der Waals surface area contributed by atoms with Gasteiger partial charge in [0.15, 0.2) is 5.96 Å². The second-order valence-electron chi connectivity index (χ2n) is 6.60. The molecular formula is C21H29IN4O. The molecule has 0 atom stereocenters. The average Bonchev–Trinajstić information content (AvgIpc) is 3.47. The molecule has 0 spiro atoms. The van der Waals surface area contributed by atoms with Crippen molar-refractivity contribution in [3.8, 4) is 5.88 Å². The summed E-state index contributed by atoms with van der Waals surface area (Å²) in [6.07, 6.45) is 4.19. The minimum absolute atomic E-state index is 0. The number of guanidine groups is 1.